The molecule has 0 fully saturated rings. The van der Waals surface area contributed by atoms with E-state index in [1.807, 2.05) is 26.0 Å². The number of methoxy groups -OCH3 is 1. The molecule has 0 aliphatic rings. The highest BCUT2D eigenvalue weighted by Crippen LogP contribution is 2.16. The third kappa shape index (κ3) is 5.57. The zero-order chi connectivity index (χ0) is 14.3. The molecule has 0 aliphatic heterocycles. The van der Waals surface area contributed by atoms with Crippen molar-refractivity contribution in [3.63, 3.8) is 0 Å². The molecule has 0 bridgehead atoms. The van der Waals surface area contributed by atoms with E-state index < -0.39 is 0 Å². The van der Waals surface area contributed by atoms with E-state index in [1.165, 1.54) is 0 Å². The standard InChI is InChI=1S/C15H26N2O2/c1-11(2)14(10-18-5)17-9-13-7-6-8-16-15(13)19-12(3)4/h6-8,11-12,14,17H,9-10H2,1-5H3. The van der Waals surface area contributed by atoms with E-state index in [1.54, 1.807) is 13.3 Å². The Labute approximate surface area is 116 Å². The SMILES string of the molecule is COCC(NCc1cccnc1OC(C)C)C(C)C. The number of nitrogens with one attached hydrogen (secondary N) is 1. The first kappa shape index (κ1) is 15.9. The summed E-state index contributed by atoms with van der Waals surface area (Å²) in [5.74, 6) is 1.23. The van der Waals surface area contributed by atoms with Crippen molar-refractivity contribution >= 4 is 0 Å². The summed E-state index contributed by atoms with van der Waals surface area (Å²) in [6.45, 7) is 9.83. The van der Waals surface area contributed by atoms with Gasteiger partial charge in [-0.05, 0) is 25.8 Å². The van der Waals surface area contributed by atoms with Crippen molar-refractivity contribution < 1.29 is 9.47 Å². The normalized spacial score (nSPS) is 13.0. The predicted octanol–water partition coefficient (Wildman–Crippen LogP) is 2.63. The summed E-state index contributed by atoms with van der Waals surface area (Å²) < 4.78 is 11.0. The Morgan fingerprint density at radius 2 is 2.00 bits per heavy atom. The van der Waals surface area contributed by atoms with Crippen molar-refractivity contribution in [1.29, 1.82) is 0 Å². The van der Waals surface area contributed by atoms with Gasteiger partial charge >= 0.3 is 0 Å². The summed E-state index contributed by atoms with van der Waals surface area (Å²) >= 11 is 0. The number of ether oxygens (including phenoxy) is 2. The summed E-state index contributed by atoms with van der Waals surface area (Å²) in [4.78, 5) is 4.29. The molecule has 1 aromatic rings. The van der Waals surface area contributed by atoms with Crippen LogP contribution in [0.4, 0.5) is 0 Å². The third-order valence-electron chi connectivity index (χ3n) is 2.90. The van der Waals surface area contributed by atoms with Gasteiger partial charge in [0.15, 0.2) is 0 Å². The molecule has 1 heterocycles. The highest BCUT2D eigenvalue weighted by atomic mass is 16.5. The molecule has 0 aliphatic carbocycles. The van der Waals surface area contributed by atoms with Crippen LogP contribution in [0.3, 0.4) is 0 Å². The predicted molar refractivity (Wildman–Crippen MR) is 77.3 cm³/mol. The number of nitrogens with zero attached hydrogens (tertiary/aromatic N) is 1. The average Bonchev–Trinajstić information content (AvgIpc) is 2.35. The molecular formula is C15H26N2O2. The van der Waals surface area contributed by atoms with E-state index in [-0.39, 0.29) is 6.10 Å². The fourth-order valence-corrected chi connectivity index (χ4v) is 1.80. The Kier molecular flexibility index (Phi) is 6.81. The molecule has 0 radical (unpaired) electrons. The first-order chi connectivity index (χ1) is 9.04. The molecule has 4 heteroatoms. The second kappa shape index (κ2) is 8.12. The number of hydrogen-bond donors (Lipinski definition) is 1. The average molecular weight is 266 g/mol. The molecule has 19 heavy (non-hydrogen) atoms. The van der Waals surface area contributed by atoms with Gasteiger partial charge in [0.05, 0.1) is 12.7 Å². The van der Waals surface area contributed by atoms with Gasteiger partial charge in [-0.3, -0.25) is 0 Å². The number of hydrogen-bond acceptors (Lipinski definition) is 4. The van der Waals surface area contributed by atoms with Crippen molar-refractivity contribution in [2.45, 2.75) is 46.4 Å². The lowest BCUT2D eigenvalue weighted by molar-refractivity contribution is 0.146. The topological polar surface area (TPSA) is 43.4 Å². The second-order valence-electron chi connectivity index (χ2n) is 5.32. The molecule has 0 saturated carbocycles. The van der Waals surface area contributed by atoms with Crippen LogP contribution in [-0.4, -0.2) is 30.8 Å². The Bertz CT molecular complexity index is 367. The summed E-state index contributed by atoms with van der Waals surface area (Å²) in [7, 11) is 1.73. The van der Waals surface area contributed by atoms with Crippen molar-refractivity contribution in [1.82, 2.24) is 10.3 Å². The summed E-state index contributed by atoms with van der Waals surface area (Å²) in [6.07, 6.45) is 1.89. The minimum atomic E-state index is 0.133. The molecule has 1 N–H and O–H groups in total. The van der Waals surface area contributed by atoms with Gasteiger partial charge in [-0.1, -0.05) is 19.9 Å². The Balaban J connectivity index is 2.65. The fourth-order valence-electron chi connectivity index (χ4n) is 1.80. The first-order valence-corrected chi connectivity index (χ1v) is 6.87. The monoisotopic (exact) mass is 266 g/mol. The molecule has 0 aromatic carbocycles. The third-order valence-corrected chi connectivity index (χ3v) is 2.90. The zero-order valence-electron chi connectivity index (χ0n) is 12.6. The zero-order valence-corrected chi connectivity index (χ0v) is 12.6. The number of rotatable bonds is 8. The smallest absolute Gasteiger partial charge is 0.218 e. The molecular weight excluding hydrogens is 240 g/mol. The van der Waals surface area contributed by atoms with E-state index in [2.05, 4.69) is 24.1 Å². The lowest BCUT2D eigenvalue weighted by atomic mass is 10.1. The Hall–Kier alpha value is -1.13. The molecule has 108 valence electrons. The van der Waals surface area contributed by atoms with Crippen molar-refractivity contribution in [2.75, 3.05) is 13.7 Å². The summed E-state index contributed by atoms with van der Waals surface area (Å²) in [5.41, 5.74) is 1.08. The maximum absolute atomic E-state index is 5.72. The molecule has 1 aromatic heterocycles. The lowest BCUT2D eigenvalue weighted by Crippen LogP contribution is -2.37. The molecule has 0 amide bonds. The van der Waals surface area contributed by atoms with Crippen LogP contribution in [0, 0.1) is 5.92 Å². The van der Waals surface area contributed by atoms with Crippen LogP contribution in [0.2, 0.25) is 0 Å². The summed E-state index contributed by atoms with van der Waals surface area (Å²) in [6, 6.07) is 4.31. The van der Waals surface area contributed by atoms with E-state index in [4.69, 9.17) is 9.47 Å². The highest BCUT2D eigenvalue weighted by molar-refractivity contribution is 5.25. The van der Waals surface area contributed by atoms with Crippen molar-refractivity contribution in [3.8, 4) is 5.88 Å². The minimum Gasteiger partial charge on any atom is -0.475 e. The quantitative estimate of drug-likeness (QED) is 0.785. The minimum absolute atomic E-state index is 0.133. The molecule has 0 saturated heterocycles. The Morgan fingerprint density at radius 3 is 2.58 bits per heavy atom. The van der Waals surface area contributed by atoms with Crippen molar-refractivity contribution in [2.24, 2.45) is 5.92 Å². The maximum atomic E-state index is 5.72. The van der Waals surface area contributed by atoms with Gasteiger partial charge in [0.2, 0.25) is 5.88 Å². The van der Waals surface area contributed by atoms with E-state index in [0.29, 0.717) is 24.4 Å². The van der Waals surface area contributed by atoms with Crippen LogP contribution in [-0.2, 0) is 11.3 Å². The molecule has 0 spiro atoms. The molecule has 4 nitrogen and oxygen atoms in total. The van der Waals surface area contributed by atoms with Gasteiger partial charge in [-0.25, -0.2) is 4.98 Å². The molecule has 1 rings (SSSR count). The van der Waals surface area contributed by atoms with Crippen LogP contribution < -0.4 is 10.1 Å². The highest BCUT2D eigenvalue weighted by Gasteiger charge is 2.14. The van der Waals surface area contributed by atoms with E-state index in [9.17, 15) is 0 Å². The van der Waals surface area contributed by atoms with Crippen LogP contribution >= 0.6 is 0 Å². The number of aromatic nitrogens is 1. The maximum Gasteiger partial charge on any atom is 0.218 e. The Morgan fingerprint density at radius 1 is 1.26 bits per heavy atom. The number of pyridine rings is 1. The van der Waals surface area contributed by atoms with Gasteiger partial charge in [0.1, 0.15) is 0 Å². The van der Waals surface area contributed by atoms with Gasteiger partial charge in [-0.15, -0.1) is 0 Å². The molecule has 1 unspecified atom stereocenters. The first-order valence-electron chi connectivity index (χ1n) is 6.87. The lowest BCUT2D eigenvalue weighted by Gasteiger charge is -2.22. The van der Waals surface area contributed by atoms with Gasteiger partial charge in [-0.2, -0.15) is 0 Å². The van der Waals surface area contributed by atoms with Gasteiger partial charge in [0.25, 0.3) is 0 Å². The van der Waals surface area contributed by atoms with Crippen molar-refractivity contribution in [3.05, 3.63) is 23.9 Å². The molecule has 1 atom stereocenters. The van der Waals surface area contributed by atoms with Crippen LogP contribution in [0.5, 0.6) is 5.88 Å². The fraction of sp³-hybridized carbons (Fsp3) is 0.667. The van der Waals surface area contributed by atoms with Crippen LogP contribution in [0.25, 0.3) is 0 Å². The summed E-state index contributed by atoms with van der Waals surface area (Å²) in [5, 5.41) is 3.51. The van der Waals surface area contributed by atoms with Crippen LogP contribution in [0.1, 0.15) is 33.3 Å². The van der Waals surface area contributed by atoms with Gasteiger partial charge < -0.3 is 14.8 Å². The van der Waals surface area contributed by atoms with Crippen LogP contribution in [0.15, 0.2) is 18.3 Å². The second-order valence-corrected chi connectivity index (χ2v) is 5.32. The largest absolute Gasteiger partial charge is 0.475 e. The van der Waals surface area contributed by atoms with E-state index in [0.717, 1.165) is 12.1 Å². The van der Waals surface area contributed by atoms with Gasteiger partial charge in [0, 0.05) is 31.5 Å². The van der Waals surface area contributed by atoms with E-state index >= 15 is 0 Å².